The van der Waals surface area contributed by atoms with Crippen molar-refractivity contribution in [3.05, 3.63) is 0 Å². The van der Waals surface area contributed by atoms with E-state index in [-0.39, 0.29) is 5.91 Å². The molecule has 3 heteroatoms. The average Bonchev–Trinajstić information content (AvgIpc) is 2.46. The van der Waals surface area contributed by atoms with Crippen molar-refractivity contribution in [2.75, 3.05) is 6.54 Å². The van der Waals surface area contributed by atoms with Gasteiger partial charge in [0.1, 0.15) is 0 Å². The van der Waals surface area contributed by atoms with Crippen LogP contribution < -0.4 is 5.32 Å². The minimum atomic E-state index is 0.201. The van der Waals surface area contributed by atoms with Gasteiger partial charge in [0.15, 0.2) is 0 Å². The van der Waals surface area contributed by atoms with Crippen LogP contribution in [0.5, 0.6) is 0 Å². The van der Waals surface area contributed by atoms with Crippen LogP contribution in [0.15, 0.2) is 0 Å². The molecule has 1 rings (SSSR count). The van der Waals surface area contributed by atoms with Gasteiger partial charge < -0.3 is 5.32 Å². The van der Waals surface area contributed by atoms with Gasteiger partial charge in [-0.05, 0) is 24.7 Å². The second kappa shape index (κ2) is 5.74. The van der Waals surface area contributed by atoms with E-state index in [1.54, 1.807) is 0 Å². The van der Waals surface area contributed by atoms with E-state index in [0.717, 1.165) is 6.54 Å². The Morgan fingerprint density at radius 2 is 2.21 bits per heavy atom. The number of halogens is 1. The van der Waals surface area contributed by atoms with Crippen molar-refractivity contribution in [2.45, 2.75) is 44.4 Å². The first kappa shape index (κ1) is 12.0. The van der Waals surface area contributed by atoms with Gasteiger partial charge in [-0.1, -0.05) is 36.2 Å². The Hall–Kier alpha value is -0.0500. The van der Waals surface area contributed by atoms with Gasteiger partial charge in [0.25, 0.3) is 0 Å². The summed E-state index contributed by atoms with van der Waals surface area (Å²) >= 11 is 3.65. The first-order valence-electron chi connectivity index (χ1n) is 5.50. The minimum Gasteiger partial charge on any atom is -0.356 e. The lowest BCUT2D eigenvalue weighted by Crippen LogP contribution is -2.31. The first-order chi connectivity index (χ1) is 6.59. The topological polar surface area (TPSA) is 29.1 Å². The number of carbonyl (C=O) groups excluding carboxylic acids is 1. The van der Waals surface area contributed by atoms with Crippen LogP contribution in [0.4, 0.5) is 0 Å². The molecular formula is C11H20BrNO. The zero-order chi connectivity index (χ0) is 10.6. The lowest BCUT2D eigenvalue weighted by molar-refractivity contribution is -0.121. The summed E-state index contributed by atoms with van der Waals surface area (Å²) in [6, 6.07) is 0. The maximum absolute atomic E-state index is 11.4. The molecular weight excluding hydrogens is 242 g/mol. The highest BCUT2D eigenvalue weighted by molar-refractivity contribution is 9.09. The van der Waals surface area contributed by atoms with Gasteiger partial charge >= 0.3 is 0 Å². The van der Waals surface area contributed by atoms with Crippen molar-refractivity contribution >= 4 is 21.8 Å². The van der Waals surface area contributed by atoms with E-state index < -0.39 is 0 Å². The largest absolute Gasteiger partial charge is 0.356 e. The lowest BCUT2D eigenvalue weighted by Gasteiger charge is -2.15. The fraction of sp³-hybridized carbons (Fsp3) is 0.909. The van der Waals surface area contributed by atoms with Crippen molar-refractivity contribution in [3.8, 4) is 0 Å². The number of rotatable bonds is 4. The third kappa shape index (κ3) is 3.99. The molecule has 1 fully saturated rings. The summed E-state index contributed by atoms with van der Waals surface area (Å²) < 4.78 is 0. The van der Waals surface area contributed by atoms with E-state index in [4.69, 9.17) is 0 Å². The molecule has 0 aromatic rings. The van der Waals surface area contributed by atoms with Crippen LogP contribution >= 0.6 is 15.9 Å². The number of hydrogen-bond donors (Lipinski definition) is 1. The number of nitrogens with one attached hydrogen (secondary N) is 1. The summed E-state index contributed by atoms with van der Waals surface area (Å²) in [7, 11) is 0. The molecule has 0 heterocycles. The zero-order valence-electron chi connectivity index (χ0n) is 9.05. The van der Waals surface area contributed by atoms with Crippen LogP contribution in [0.2, 0.25) is 0 Å². The summed E-state index contributed by atoms with van der Waals surface area (Å²) in [5.41, 5.74) is 0. The van der Waals surface area contributed by atoms with Gasteiger partial charge in [0, 0.05) is 17.8 Å². The normalized spacial score (nSPS) is 26.9. The molecule has 1 N–H and O–H groups in total. The SMILES string of the molecule is CC(C)CC(=O)NCC1CCCC1Br. The Morgan fingerprint density at radius 1 is 1.50 bits per heavy atom. The summed E-state index contributed by atoms with van der Waals surface area (Å²) in [5.74, 6) is 1.30. The van der Waals surface area contributed by atoms with Crippen molar-refractivity contribution in [3.63, 3.8) is 0 Å². The van der Waals surface area contributed by atoms with Crippen LogP contribution in [-0.2, 0) is 4.79 Å². The molecule has 0 saturated heterocycles. The average molecular weight is 262 g/mol. The Balaban J connectivity index is 2.16. The molecule has 1 aliphatic rings. The molecule has 1 amide bonds. The summed E-state index contributed by atoms with van der Waals surface area (Å²) in [6.45, 7) is 4.99. The highest BCUT2D eigenvalue weighted by atomic mass is 79.9. The predicted octanol–water partition coefficient (Wildman–Crippen LogP) is 2.71. The van der Waals surface area contributed by atoms with Crippen molar-refractivity contribution in [2.24, 2.45) is 11.8 Å². The maximum Gasteiger partial charge on any atom is 0.220 e. The van der Waals surface area contributed by atoms with E-state index in [2.05, 4.69) is 35.1 Å². The van der Waals surface area contributed by atoms with Crippen LogP contribution in [0.1, 0.15) is 39.5 Å². The highest BCUT2D eigenvalue weighted by Gasteiger charge is 2.24. The molecule has 0 bridgehead atoms. The van der Waals surface area contributed by atoms with Gasteiger partial charge in [0.05, 0.1) is 0 Å². The second-order valence-corrected chi connectivity index (χ2v) is 5.79. The Kier molecular flexibility index (Phi) is 4.93. The molecule has 2 nitrogen and oxygen atoms in total. The summed E-state index contributed by atoms with van der Waals surface area (Å²) in [4.78, 5) is 12.0. The Labute approximate surface area is 95.0 Å². The highest BCUT2D eigenvalue weighted by Crippen LogP contribution is 2.30. The van der Waals surface area contributed by atoms with E-state index in [1.807, 2.05) is 0 Å². The Bertz CT molecular complexity index is 194. The molecule has 0 aromatic heterocycles. The first-order valence-corrected chi connectivity index (χ1v) is 6.42. The van der Waals surface area contributed by atoms with Crippen molar-refractivity contribution in [1.29, 1.82) is 0 Å². The Morgan fingerprint density at radius 3 is 2.71 bits per heavy atom. The fourth-order valence-corrected chi connectivity index (χ4v) is 2.68. The molecule has 0 aromatic carbocycles. The monoisotopic (exact) mass is 261 g/mol. The van der Waals surface area contributed by atoms with E-state index in [1.165, 1.54) is 19.3 Å². The summed E-state index contributed by atoms with van der Waals surface area (Å²) in [6.07, 6.45) is 4.45. The molecule has 1 aliphatic carbocycles. The van der Waals surface area contributed by atoms with Crippen LogP contribution in [0, 0.1) is 11.8 Å². The smallest absolute Gasteiger partial charge is 0.220 e. The molecule has 0 radical (unpaired) electrons. The molecule has 2 atom stereocenters. The van der Waals surface area contributed by atoms with Crippen LogP contribution in [-0.4, -0.2) is 17.3 Å². The predicted molar refractivity (Wildman–Crippen MR) is 62.5 cm³/mol. The lowest BCUT2D eigenvalue weighted by atomic mass is 10.1. The number of alkyl halides is 1. The van der Waals surface area contributed by atoms with Crippen LogP contribution in [0.25, 0.3) is 0 Å². The molecule has 2 unspecified atom stereocenters. The standard InChI is InChI=1S/C11H20BrNO/c1-8(2)6-11(14)13-7-9-4-3-5-10(9)12/h8-10H,3-7H2,1-2H3,(H,13,14). The minimum absolute atomic E-state index is 0.201. The summed E-state index contributed by atoms with van der Waals surface area (Å²) in [5, 5.41) is 3.02. The number of amides is 1. The second-order valence-electron chi connectivity index (χ2n) is 4.61. The van der Waals surface area contributed by atoms with E-state index >= 15 is 0 Å². The van der Waals surface area contributed by atoms with Gasteiger partial charge in [-0.2, -0.15) is 0 Å². The zero-order valence-corrected chi connectivity index (χ0v) is 10.6. The van der Waals surface area contributed by atoms with Gasteiger partial charge in [-0.3, -0.25) is 4.79 Å². The molecule has 0 spiro atoms. The van der Waals surface area contributed by atoms with Gasteiger partial charge in [0.2, 0.25) is 5.91 Å². The molecule has 0 aliphatic heterocycles. The number of hydrogen-bond acceptors (Lipinski definition) is 1. The molecule has 82 valence electrons. The van der Waals surface area contributed by atoms with E-state index in [9.17, 15) is 4.79 Å². The molecule has 14 heavy (non-hydrogen) atoms. The number of carbonyl (C=O) groups is 1. The van der Waals surface area contributed by atoms with Crippen molar-refractivity contribution < 1.29 is 4.79 Å². The van der Waals surface area contributed by atoms with Crippen molar-refractivity contribution in [1.82, 2.24) is 5.32 Å². The van der Waals surface area contributed by atoms with Gasteiger partial charge in [-0.15, -0.1) is 0 Å². The molecule has 1 saturated carbocycles. The quantitative estimate of drug-likeness (QED) is 0.775. The third-order valence-corrected chi connectivity index (χ3v) is 3.93. The van der Waals surface area contributed by atoms with E-state index in [0.29, 0.717) is 23.1 Å². The maximum atomic E-state index is 11.4. The fourth-order valence-electron chi connectivity index (χ4n) is 1.91. The third-order valence-electron chi connectivity index (χ3n) is 2.72. The van der Waals surface area contributed by atoms with Gasteiger partial charge in [-0.25, -0.2) is 0 Å². The van der Waals surface area contributed by atoms with Crippen LogP contribution in [0.3, 0.4) is 0 Å².